The van der Waals surface area contributed by atoms with Gasteiger partial charge in [0.05, 0.1) is 36.1 Å². The van der Waals surface area contributed by atoms with Gasteiger partial charge in [0.1, 0.15) is 22.6 Å². The monoisotopic (exact) mass is 638 g/mol. The number of nitrogens with one attached hydrogen (secondary N) is 2. The number of hydrogen-bond donors (Lipinski definition) is 2. The first-order valence-electron chi connectivity index (χ1n) is 13.4. The summed E-state index contributed by atoms with van der Waals surface area (Å²) in [5, 5.41) is 13.4. The summed E-state index contributed by atoms with van der Waals surface area (Å²) in [4.78, 5) is 25.4. The van der Waals surface area contributed by atoms with Crippen LogP contribution in [0, 0.1) is 11.3 Å². The first-order valence-corrected chi connectivity index (χ1v) is 15.8. The first-order chi connectivity index (χ1) is 21.8. The fourth-order valence-electron chi connectivity index (χ4n) is 4.31. The molecule has 1 amide bonds. The van der Waals surface area contributed by atoms with Crippen molar-refractivity contribution < 1.29 is 22.7 Å². The smallest absolute Gasteiger partial charge is 0.264 e. The van der Waals surface area contributed by atoms with Gasteiger partial charge in [-0.05, 0) is 54.6 Å². The highest BCUT2D eigenvalue weighted by Gasteiger charge is 2.20. The Morgan fingerprint density at radius 1 is 0.911 bits per heavy atom. The van der Waals surface area contributed by atoms with Crippen molar-refractivity contribution in [3.8, 4) is 40.0 Å². The lowest BCUT2D eigenvalue weighted by molar-refractivity contribution is -0.113. The maximum absolute atomic E-state index is 13.0. The van der Waals surface area contributed by atoms with E-state index < -0.39 is 10.0 Å². The molecule has 0 aliphatic heterocycles. The predicted octanol–water partition coefficient (Wildman–Crippen LogP) is 5.63. The lowest BCUT2D eigenvalue weighted by atomic mass is 9.98. The normalized spacial score (nSPS) is 10.9. The van der Waals surface area contributed by atoms with Crippen LogP contribution in [0.3, 0.4) is 0 Å². The van der Waals surface area contributed by atoms with E-state index in [0.29, 0.717) is 39.0 Å². The number of nitrogens with zero attached hydrogens (tertiary/aromatic N) is 4. The number of nitriles is 1. The van der Waals surface area contributed by atoms with Crippen molar-refractivity contribution in [2.24, 2.45) is 0 Å². The zero-order chi connectivity index (χ0) is 31.8. The Labute approximate surface area is 264 Å². The van der Waals surface area contributed by atoms with Crippen LogP contribution >= 0.6 is 11.8 Å². The van der Waals surface area contributed by atoms with Crippen molar-refractivity contribution in [2.75, 3.05) is 30.0 Å². The Morgan fingerprint density at radius 3 is 2.31 bits per heavy atom. The van der Waals surface area contributed by atoms with E-state index in [1.165, 1.54) is 36.7 Å². The van der Waals surface area contributed by atoms with E-state index in [2.05, 4.69) is 26.1 Å². The van der Waals surface area contributed by atoms with E-state index in [1.807, 2.05) is 36.4 Å². The molecule has 5 rings (SSSR count). The third kappa shape index (κ3) is 7.38. The SMILES string of the molecule is COc1ccc(OC)c(-c2cc(-c3ccccc3)nc(SCC(=O)Nc3ccc(S(=O)(=O)Nc4ncccn4)cc3)c2C#N)c1. The second kappa shape index (κ2) is 13.9. The number of ether oxygens (including phenoxy) is 2. The number of aromatic nitrogens is 3. The standard InChI is InChI=1S/C32H26N6O5S2/c1-42-23-11-14-29(43-2)26(17-23)25-18-28(21-7-4-3-5-8-21)37-31(27(25)19-33)44-20-30(39)36-22-9-12-24(13-10-22)45(40,41)38-32-34-15-6-16-35-32/h3-18H,20H2,1-2H3,(H,36,39)(H,34,35,38). The third-order valence-corrected chi connectivity index (χ3v) is 8.76. The molecule has 0 unspecified atom stereocenters. The summed E-state index contributed by atoms with van der Waals surface area (Å²) in [5.74, 6) is 0.637. The van der Waals surface area contributed by atoms with Gasteiger partial charge in [0, 0.05) is 34.8 Å². The molecule has 11 nitrogen and oxygen atoms in total. The predicted molar refractivity (Wildman–Crippen MR) is 172 cm³/mol. The second-order valence-corrected chi connectivity index (χ2v) is 12.0. The van der Waals surface area contributed by atoms with Crippen LogP contribution in [-0.4, -0.2) is 49.2 Å². The van der Waals surface area contributed by atoms with Crippen molar-refractivity contribution >= 4 is 39.3 Å². The summed E-state index contributed by atoms with van der Waals surface area (Å²) < 4.78 is 38.7. The largest absolute Gasteiger partial charge is 0.497 e. The number of pyridine rings is 1. The Bertz CT molecular complexity index is 1970. The molecule has 2 heterocycles. The maximum atomic E-state index is 13.0. The minimum atomic E-state index is -3.92. The van der Waals surface area contributed by atoms with Gasteiger partial charge < -0.3 is 14.8 Å². The topological polar surface area (TPSA) is 156 Å². The zero-order valence-corrected chi connectivity index (χ0v) is 25.7. The van der Waals surface area contributed by atoms with Gasteiger partial charge in [-0.1, -0.05) is 42.1 Å². The van der Waals surface area contributed by atoms with Crippen LogP contribution in [0.15, 0.2) is 107 Å². The number of carbonyl (C=O) groups excluding carboxylic acids is 1. The summed E-state index contributed by atoms with van der Waals surface area (Å²) in [7, 11) is -0.818. The van der Waals surface area contributed by atoms with Crippen LogP contribution in [0.5, 0.6) is 11.5 Å². The van der Waals surface area contributed by atoms with Gasteiger partial charge in [0.2, 0.25) is 11.9 Å². The van der Waals surface area contributed by atoms with Crippen molar-refractivity contribution in [2.45, 2.75) is 9.92 Å². The van der Waals surface area contributed by atoms with Gasteiger partial charge in [-0.25, -0.2) is 28.1 Å². The summed E-state index contributed by atoms with van der Waals surface area (Å²) in [5.41, 5.74) is 3.34. The molecule has 0 aliphatic carbocycles. The number of thioether (sulfide) groups is 1. The highest BCUT2D eigenvalue weighted by atomic mass is 32.2. The molecule has 0 aliphatic rings. The molecule has 2 N–H and O–H groups in total. The van der Waals surface area contributed by atoms with Crippen LogP contribution < -0.4 is 19.5 Å². The van der Waals surface area contributed by atoms with E-state index in [1.54, 1.807) is 38.5 Å². The number of hydrogen-bond acceptors (Lipinski definition) is 10. The Balaban J connectivity index is 1.39. The maximum Gasteiger partial charge on any atom is 0.264 e. The molecule has 3 aromatic carbocycles. The Hall–Kier alpha value is -5.45. The molecule has 0 fully saturated rings. The highest BCUT2D eigenvalue weighted by molar-refractivity contribution is 8.00. The Morgan fingerprint density at radius 2 is 1.64 bits per heavy atom. The summed E-state index contributed by atoms with van der Waals surface area (Å²) >= 11 is 1.11. The summed E-state index contributed by atoms with van der Waals surface area (Å²) in [6.45, 7) is 0. The quantitative estimate of drug-likeness (QED) is 0.174. The van der Waals surface area contributed by atoms with E-state index in [0.717, 1.165) is 17.3 Å². The average Bonchev–Trinajstić information content (AvgIpc) is 3.07. The summed E-state index contributed by atoms with van der Waals surface area (Å²) in [6.07, 6.45) is 2.84. The Kier molecular flexibility index (Phi) is 9.57. The van der Waals surface area contributed by atoms with Crippen molar-refractivity contribution in [3.63, 3.8) is 0 Å². The van der Waals surface area contributed by atoms with Crippen molar-refractivity contribution in [1.29, 1.82) is 5.26 Å². The molecule has 0 bridgehead atoms. The number of anilines is 2. The molecule has 0 saturated heterocycles. The molecule has 0 atom stereocenters. The van der Waals surface area contributed by atoms with Gasteiger partial charge in [-0.3, -0.25) is 4.79 Å². The lowest BCUT2D eigenvalue weighted by Gasteiger charge is -2.15. The minimum absolute atomic E-state index is 0.0246. The number of methoxy groups -OCH3 is 2. The van der Waals surface area contributed by atoms with E-state index >= 15 is 0 Å². The molecule has 226 valence electrons. The van der Waals surface area contributed by atoms with Gasteiger partial charge in [0.25, 0.3) is 10.0 Å². The van der Waals surface area contributed by atoms with E-state index in [9.17, 15) is 18.5 Å². The van der Waals surface area contributed by atoms with Crippen LogP contribution in [0.25, 0.3) is 22.4 Å². The van der Waals surface area contributed by atoms with Crippen molar-refractivity contribution in [1.82, 2.24) is 15.0 Å². The summed E-state index contributed by atoms with van der Waals surface area (Å²) in [6, 6.07) is 26.2. The fraction of sp³-hybridized carbons (Fsp3) is 0.0938. The van der Waals surface area contributed by atoms with Crippen LogP contribution in [0.2, 0.25) is 0 Å². The lowest BCUT2D eigenvalue weighted by Crippen LogP contribution is -2.16. The van der Waals surface area contributed by atoms with Crippen LogP contribution in [0.4, 0.5) is 11.6 Å². The number of benzene rings is 3. The molecule has 0 radical (unpaired) electrons. The molecule has 5 aromatic rings. The van der Waals surface area contributed by atoms with Crippen LogP contribution in [-0.2, 0) is 14.8 Å². The molecule has 2 aromatic heterocycles. The number of amides is 1. The number of rotatable bonds is 11. The zero-order valence-electron chi connectivity index (χ0n) is 24.1. The number of sulfonamides is 1. The fourth-order valence-corrected chi connectivity index (χ4v) is 6.07. The van der Waals surface area contributed by atoms with Crippen LogP contribution in [0.1, 0.15) is 5.56 Å². The van der Waals surface area contributed by atoms with E-state index in [4.69, 9.17) is 14.5 Å². The third-order valence-electron chi connectivity index (χ3n) is 6.44. The van der Waals surface area contributed by atoms with Gasteiger partial charge in [-0.15, -0.1) is 0 Å². The van der Waals surface area contributed by atoms with E-state index in [-0.39, 0.29) is 28.1 Å². The molecule has 0 spiro atoms. The second-order valence-electron chi connectivity index (χ2n) is 9.32. The molecular formula is C32H26N6O5S2. The van der Waals surface area contributed by atoms with Gasteiger partial charge in [-0.2, -0.15) is 5.26 Å². The average molecular weight is 639 g/mol. The van der Waals surface area contributed by atoms with Crippen molar-refractivity contribution in [3.05, 3.63) is 103 Å². The first kappa shape index (κ1) is 31.0. The van der Waals surface area contributed by atoms with Gasteiger partial charge >= 0.3 is 0 Å². The number of carbonyl (C=O) groups is 1. The molecule has 0 saturated carbocycles. The van der Waals surface area contributed by atoms with Gasteiger partial charge in [0.15, 0.2) is 0 Å². The minimum Gasteiger partial charge on any atom is -0.497 e. The molecule has 45 heavy (non-hydrogen) atoms. The molecular weight excluding hydrogens is 613 g/mol. The highest BCUT2D eigenvalue weighted by Crippen LogP contribution is 2.40. The molecule has 13 heteroatoms.